The summed E-state index contributed by atoms with van der Waals surface area (Å²) in [5, 5.41) is 13.1. The van der Waals surface area contributed by atoms with Gasteiger partial charge in [-0.1, -0.05) is 6.07 Å². The van der Waals surface area contributed by atoms with Crippen molar-refractivity contribution in [3.8, 4) is 5.75 Å². The van der Waals surface area contributed by atoms with E-state index in [0.717, 1.165) is 25.3 Å². The van der Waals surface area contributed by atoms with Gasteiger partial charge in [-0.2, -0.15) is 8.78 Å². The second-order valence-corrected chi connectivity index (χ2v) is 5.24. The molecule has 1 atom stereocenters. The number of nitrogens with one attached hydrogen (secondary N) is 1. The van der Waals surface area contributed by atoms with E-state index in [1.54, 1.807) is 6.92 Å². The summed E-state index contributed by atoms with van der Waals surface area (Å²) in [6, 6.07) is 3.23. The summed E-state index contributed by atoms with van der Waals surface area (Å²) < 4.78 is 42.1. The molecule has 1 fully saturated rings. The van der Waals surface area contributed by atoms with Crippen molar-refractivity contribution in [2.24, 2.45) is 0 Å². The Morgan fingerprint density at radius 2 is 2.10 bits per heavy atom. The van der Waals surface area contributed by atoms with Crippen LogP contribution in [0.5, 0.6) is 5.75 Å². The van der Waals surface area contributed by atoms with Gasteiger partial charge in [0, 0.05) is 24.2 Å². The van der Waals surface area contributed by atoms with Gasteiger partial charge < -0.3 is 15.2 Å². The molecule has 112 valence electrons. The molecule has 0 amide bonds. The van der Waals surface area contributed by atoms with E-state index in [0.29, 0.717) is 12.1 Å². The van der Waals surface area contributed by atoms with Crippen LogP contribution in [0.25, 0.3) is 0 Å². The zero-order valence-corrected chi connectivity index (χ0v) is 11.2. The number of alkyl halides is 2. The molecule has 20 heavy (non-hydrogen) atoms. The molecule has 1 aromatic rings. The Balaban J connectivity index is 2.05. The molecule has 2 N–H and O–H groups in total. The maximum Gasteiger partial charge on any atom is 0.387 e. The Bertz CT molecular complexity index is 464. The summed E-state index contributed by atoms with van der Waals surface area (Å²) in [7, 11) is 0. The summed E-state index contributed by atoms with van der Waals surface area (Å²) in [4.78, 5) is 0. The van der Waals surface area contributed by atoms with Gasteiger partial charge in [0.2, 0.25) is 0 Å². The molecule has 1 unspecified atom stereocenters. The number of benzene rings is 1. The molecule has 0 radical (unpaired) electrons. The molecule has 1 saturated carbocycles. The van der Waals surface area contributed by atoms with Gasteiger partial charge in [0.1, 0.15) is 11.6 Å². The first-order valence-corrected chi connectivity index (χ1v) is 6.60. The number of hydrogen-bond donors (Lipinski definition) is 2. The summed E-state index contributed by atoms with van der Waals surface area (Å²) in [6.45, 7) is -0.869. The third kappa shape index (κ3) is 3.64. The molecule has 3 nitrogen and oxygen atoms in total. The van der Waals surface area contributed by atoms with Crippen molar-refractivity contribution in [2.45, 2.75) is 44.4 Å². The molecule has 0 aliphatic heterocycles. The average Bonchev–Trinajstić information content (AvgIpc) is 2.33. The van der Waals surface area contributed by atoms with Crippen LogP contribution in [-0.2, 0) is 0 Å². The van der Waals surface area contributed by atoms with E-state index in [-0.39, 0.29) is 11.8 Å². The van der Waals surface area contributed by atoms with E-state index in [4.69, 9.17) is 0 Å². The van der Waals surface area contributed by atoms with Gasteiger partial charge in [-0.05, 0) is 32.3 Å². The molecule has 0 bridgehead atoms. The van der Waals surface area contributed by atoms with E-state index in [2.05, 4.69) is 10.1 Å². The van der Waals surface area contributed by atoms with E-state index in [9.17, 15) is 18.3 Å². The first kappa shape index (κ1) is 15.1. The van der Waals surface area contributed by atoms with Gasteiger partial charge in [0.05, 0.1) is 5.60 Å². The Kier molecular flexibility index (Phi) is 4.55. The largest absolute Gasteiger partial charge is 0.434 e. The van der Waals surface area contributed by atoms with Crippen molar-refractivity contribution < 1.29 is 23.0 Å². The fourth-order valence-corrected chi connectivity index (χ4v) is 2.28. The van der Waals surface area contributed by atoms with Crippen LogP contribution in [0.1, 0.15) is 37.8 Å². The second kappa shape index (κ2) is 6.01. The van der Waals surface area contributed by atoms with Crippen LogP contribution in [0, 0.1) is 5.82 Å². The zero-order valence-electron chi connectivity index (χ0n) is 11.2. The van der Waals surface area contributed by atoms with Crippen LogP contribution in [0.15, 0.2) is 18.2 Å². The number of rotatable bonds is 6. The minimum Gasteiger partial charge on any atom is -0.434 e. The predicted molar refractivity (Wildman–Crippen MR) is 68.3 cm³/mol. The third-order valence-electron chi connectivity index (χ3n) is 3.68. The van der Waals surface area contributed by atoms with Gasteiger partial charge in [0.25, 0.3) is 0 Å². The van der Waals surface area contributed by atoms with E-state index in [1.807, 2.05) is 0 Å². The normalized spacial score (nSPS) is 18.7. The van der Waals surface area contributed by atoms with Crippen LogP contribution >= 0.6 is 0 Å². The summed E-state index contributed by atoms with van der Waals surface area (Å²) >= 11 is 0. The molecule has 1 aromatic carbocycles. The van der Waals surface area contributed by atoms with Gasteiger partial charge >= 0.3 is 6.61 Å². The fourth-order valence-electron chi connectivity index (χ4n) is 2.28. The predicted octanol–water partition coefficient (Wildman–Crippen LogP) is 2.99. The van der Waals surface area contributed by atoms with E-state index >= 15 is 0 Å². The van der Waals surface area contributed by atoms with Gasteiger partial charge in [-0.15, -0.1) is 0 Å². The highest BCUT2D eigenvalue weighted by Gasteiger charge is 2.34. The second-order valence-electron chi connectivity index (χ2n) is 5.24. The molecule has 0 aromatic heterocycles. The van der Waals surface area contributed by atoms with Gasteiger partial charge in [-0.3, -0.25) is 0 Å². The van der Waals surface area contributed by atoms with Gasteiger partial charge in [-0.25, -0.2) is 4.39 Å². The van der Waals surface area contributed by atoms with Crippen molar-refractivity contribution in [3.05, 3.63) is 29.6 Å². The SMILES string of the molecule is CC(NCC1(O)CCC1)c1ccc(F)cc1OC(F)F. The van der Waals surface area contributed by atoms with Crippen LogP contribution in [0.4, 0.5) is 13.2 Å². The van der Waals surface area contributed by atoms with Crippen LogP contribution < -0.4 is 10.1 Å². The van der Waals surface area contributed by atoms with Crippen molar-refractivity contribution >= 4 is 0 Å². The van der Waals surface area contributed by atoms with Crippen LogP contribution in [0.3, 0.4) is 0 Å². The first-order chi connectivity index (χ1) is 9.39. The third-order valence-corrected chi connectivity index (χ3v) is 3.68. The van der Waals surface area contributed by atoms with E-state index < -0.39 is 18.0 Å². The molecule has 1 aliphatic rings. The highest BCUT2D eigenvalue weighted by atomic mass is 19.3. The maximum atomic E-state index is 13.1. The number of aliphatic hydroxyl groups is 1. The molecule has 0 spiro atoms. The minimum atomic E-state index is -3.00. The zero-order chi connectivity index (χ0) is 14.8. The molecule has 0 heterocycles. The summed E-state index contributed by atoms with van der Waals surface area (Å²) in [5.74, 6) is -0.810. The minimum absolute atomic E-state index is 0.180. The highest BCUT2D eigenvalue weighted by molar-refractivity contribution is 5.36. The summed E-state index contributed by atoms with van der Waals surface area (Å²) in [6.07, 6.45) is 2.45. The standard InChI is InChI=1S/C14H18F3NO2/c1-9(18-8-14(19)5-2-6-14)11-4-3-10(15)7-12(11)20-13(16)17/h3-4,7,9,13,18-19H,2,5-6,8H2,1H3. The van der Waals surface area contributed by atoms with Crippen LogP contribution in [0.2, 0.25) is 0 Å². The molecule has 0 saturated heterocycles. The van der Waals surface area contributed by atoms with Gasteiger partial charge in [0.15, 0.2) is 0 Å². The Labute approximate surface area is 115 Å². The molecule has 2 rings (SSSR count). The number of halogens is 3. The molecular formula is C14H18F3NO2. The number of ether oxygens (including phenoxy) is 1. The Morgan fingerprint density at radius 1 is 1.40 bits per heavy atom. The lowest BCUT2D eigenvalue weighted by Gasteiger charge is -2.37. The molecular weight excluding hydrogens is 271 g/mol. The van der Waals surface area contributed by atoms with Crippen molar-refractivity contribution in [1.29, 1.82) is 0 Å². The fraction of sp³-hybridized carbons (Fsp3) is 0.571. The lowest BCUT2D eigenvalue weighted by molar-refractivity contribution is -0.0514. The lowest BCUT2D eigenvalue weighted by atomic mass is 9.80. The highest BCUT2D eigenvalue weighted by Crippen LogP contribution is 2.32. The van der Waals surface area contributed by atoms with Crippen molar-refractivity contribution in [2.75, 3.05) is 6.54 Å². The van der Waals surface area contributed by atoms with Crippen LogP contribution in [-0.4, -0.2) is 23.9 Å². The molecule has 1 aliphatic carbocycles. The smallest absolute Gasteiger partial charge is 0.387 e. The monoisotopic (exact) mass is 289 g/mol. The molecule has 6 heteroatoms. The Morgan fingerprint density at radius 3 is 2.65 bits per heavy atom. The topological polar surface area (TPSA) is 41.5 Å². The summed E-state index contributed by atoms with van der Waals surface area (Å²) in [5.41, 5.74) is -0.271. The first-order valence-electron chi connectivity index (χ1n) is 6.60. The maximum absolute atomic E-state index is 13.1. The lowest BCUT2D eigenvalue weighted by Crippen LogP contribution is -2.46. The average molecular weight is 289 g/mol. The van der Waals surface area contributed by atoms with Crippen molar-refractivity contribution in [3.63, 3.8) is 0 Å². The quantitative estimate of drug-likeness (QED) is 0.846. The number of hydrogen-bond acceptors (Lipinski definition) is 3. The van der Waals surface area contributed by atoms with Crippen molar-refractivity contribution in [1.82, 2.24) is 5.32 Å². The van der Waals surface area contributed by atoms with E-state index in [1.165, 1.54) is 12.1 Å². The Hall–Kier alpha value is -1.27.